The SMILES string of the molecule is CS(=O)(=O)NCCC1CCCCN1C(=O)c1ccc2nsnc2c1. The van der Waals surface area contributed by atoms with Crippen LogP contribution in [0.5, 0.6) is 0 Å². The van der Waals surface area contributed by atoms with Gasteiger partial charge in [-0.05, 0) is 43.9 Å². The second-order valence-electron chi connectivity index (χ2n) is 6.07. The number of nitrogens with zero attached hydrogens (tertiary/aromatic N) is 3. The Bertz CT molecular complexity index is 834. The Kier molecular flexibility index (Phi) is 5.12. The number of rotatable bonds is 5. The standard InChI is InChI=1S/C15H20N4O3S2/c1-24(21,22)16-8-7-12-4-2-3-9-19(12)15(20)11-5-6-13-14(10-11)18-23-17-13/h5-6,10,12,16H,2-4,7-9H2,1H3. The third-order valence-electron chi connectivity index (χ3n) is 4.23. The van der Waals surface area contributed by atoms with E-state index in [4.69, 9.17) is 0 Å². The lowest BCUT2D eigenvalue weighted by molar-refractivity contribution is 0.0604. The molecule has 0 spiro atoms. The molecule has 9 heteroatoms. The monoisotopic (exact) mass is 368 g/mol. The molecule has 1 atom stereocenters. The van der Waals surface area contributed by atoms with Gasteiger partial charge in [0.05, 0.1) is 18.0 Å². The summed E-state index contributed by atoms with van der Waals surface area (Å²) in [6.07, 6.45) is 4.70. The Hall–Kier alpha value is -1.58. The molecule has 0 bridgehead atoms. The van der Waals surface area contributed by atoms with Crippen LogP contribution in [0.25, 0.3) is 11.0 Å². The van der Waals surface area contributed by atoms with E-state index < -0.39 is 10.0 Å². The van der Waals surface area contributed by atoms with E-state index in [1.807, 2.05) is 11.0 Å². The molecule has 1 unspecified atom stereocenters. The molecule has 0 aliphatic carbocycles. The van der Waals surface area contributed by atoms with Crippen LogP contribution >= 0.6 is 11.7 Å². The van der Waals surface area contributed by atoms with Crippen LogP contribution in [0.4, 0.5) is 0 Å². The van der Waals surface area contributed by atoms with Crippen LogP contribution < -0.4 is 4.72 Å². The number of aromatic nitrogens is 2. The lowest BCUT2D eigenvalue weighted by Gasteiger charge is -2.36. The average Bonchev–Trinajstić information content (AvgIpc) is 3.01. The first kappa shape index (κ1) is 17.2. The minimum atomic E-state index is -3.20. The van der Waals surface area contributed by atoms with Gasteiger partial charge in [-0.3, -0.25) is 4.79 Å². The average molecular weight is 368 g/mol. The summed E-state index contributed by atoms with van der Waals surface area (Å²) in [5.41, 5.74) is 2.14. The van der Waals surface area contributed by atoms with Crippen molar-refractivity contribution in [1.82, 2.24) is 18.4 Å². The molecule has 1 amide bonds. The van der Waals surface area contributed by atoms with E-state index in [-0.39, 0.29) is 11.9 Å². The molecule has 1 N–H and O–H groups in total. The van der Waals surface area contributed by atoms with Gasteiger partial charge in [-0.1, -0.05) is 0 Å². The molecule has 24 heavy (non-hydrogen) atoms. The number of sulfonamides is 1. The predicted molar refractivity (Wildman–Crippen MR) is 93.6 cm³/mol. The van der Waals surface area contributed by atoms with Gasteiger partial charge < -0.3 is 4.90 Å². The van der Waals surface area contributed by atoms with Crippen molar-refractivity contribution in [2.45, 2.75) is 31.7 Å². The topological polar surface area (TPSA) is 92.3 Å². The number of likely N-dealkylation sites (tertiary alicyclic amines) is 1. The number of piperidine rings is 1. The van der Waals surface area contributed by atoms with E-state index in [2.05, 4.69) is 13.5 Å². The van der Waals surface area contributed by atoms with Gasteiger partial charge in [0.2, 0.25) is 10.0 Å². The Labute approximate surface area is 145 Å². The first-order valence-electron chi connectivity index (χ1n) is 7.92. The van der Waals surface area contributed by atoms with E-state index >= 15 is 0 Å². The predicted octanol–water partition coefficient (Wildman–Crippen LogP) is 1.63. The number of amides is 1. The molecule has 2 heterocycles. The quantitative estimate of drug-likeness (QED) is 0.866. The number of fused-ring (bicyclic) bond motifs is 1. The summed E-state index contributed by atoms with van der Waals surface area (Å²) in [6.45, 7) is 1.05. The van der Waals surface area contributed by atoms with Crippen molar-refractivity contribution >= 4 is 38.7 Å². The lowest BCUT2D eigenvalue weighted by atomic mass is 9.98. The van der Waals surface area contributed by atoms with Crippen LogP contribution in [0.2, 0.25) is 0 Å². The van der Waals surface area contributed by atoms with E-state index in [0.29, 0.717) is 25.1 Å². The molecular weight excluding hydrogens is 348 g/mol. The first-order chi connectivity index (χ1) is 11.4. The van der Waals surface area contributed by atoms with Crippen molar-refractivity contribution in [3.63, 3.8) is 0 Å². The van der Waals surface area contributed by atoms with Crippen molar-refractivity contribution < 1.29 is 13.2 Å². The Morgan fingerprint density at radius 2 is 2.12 bits per heavy atom. The first-order valence-corrected chi connectivity index (χ1v) is 10.5. The smallest absolute Gasteiger partial charge is 0.254 e. The Morgan fingerprint density at radius 1 is 1.33 bits per heavy atom. The normalized spacial score (nSPS) is 18.9. The summed E-state index contributed by atoms with van der Waals surface area (Å²) in [6, 6.07) is 5.44. The molecule has 1 aromatic heterocycles. The molecule has 7 nitrogen and oxygen atoms in total. The lowest BCUT2D eigenvalue weighted by Crippen LogP contribution is -2.45. The second kappa shape index (κ2) is 7.12. The molecule has 0 saturated carbocycles. The third kappa shape index (κ3) is 4.08. The molecule has 1 aromatic carbocycles. The number of hydrogen-bond acceptors (Lipinski definition) is 6. The van der Waals surface area contributed by atoms with Gasteiger partial charge in [0, 0.05) is 24.7 Å². The fourth-order valence-corrected chi connectivity index (χ4v) is 4.07. The fourth-order valence-electron chi connectivity index (χ4n) is 3.06. The Balaban J connectivity index is 1.72. The van der Waals surface area contributed by atoms with Gasteiger partial charge in [-0.2, -0.15) is 8.75 Å². The van der Waals surface area contributed by atoms with Gasteiger partial charge in [-0.15, -0.1) is 0 Å². The fraction of sp³-hybridized carbons (Fsp3) is 0.533. The maximum absolute atomic E-state index is 12.9. The molecule has 1 aliphatic rings. The van der Waals surface area contributed by atoms with Gasteiger partial charge in [0.15, 0.2) is 0 Å². The maximum atomic E-state index is 12.9. The number of nitrogens with one attached hydrogen (secondary N) is 1. The highest BCUT2D eigenvalue weighted by Crippen LogP contribution is 2.23. The number of benzene rings is 1. The van der Waals surface area contributed by atoms with E-state index in [0.717, 1.165) is 48.3 Å². The maximum Gasteiger partial charge on any atom is 0.254 e. The molecule has 130 valence electrons. The highest BCUT2D eigenvalue weighted by Gasteiger charge is 2.27. The molecule has 1 saturated heterocycles. The summed E-state index contributed by atoms with van der Waals surface area (Å²) in [5.74, 6) is -0.0195. The van der Waals surface area contributed by atoms with Gasteiger partial charge in [0.1, 0.15) is 11.0 Å². The van der Waals surface area contributed by atoms with Crippen LogP contribution in [0, 0.1) is 0 Å². The number of carbonyl (C=O) groups excluding carboxylic acids is 1. The summed E-state index contributed by atoms with van der Waals surface area (Å²) in [5, 5.41) is 0. The second-order valence-corrected chi connectivity index (χ2v) is 8.43. The molecular formula is C15H20N4O3S2. The van der Waals surface area contributed by atoms with Gasteiger partial charge >= 0.3 is 0 Å². The van der Waals surface area contributed by atoms with Crippen LogP contribution in [0.3, 0.4) is 0 Å². The highest BCUT2D eigenvalue weighted by atomic mass is 32.2. The summed E-state index contributed by atoms with van der Waals surface area (Å²) in [7, 11) is -3.20. The van der Waals surface area contributed by atoms with Crippen molar-refractivity contribution in [2.75, 3.05) is 19.3 Å². The zero-order valence-corrected chi connectivity index (χ0v) is 15.1. The van der Waals surface area contributed by atoms with E-state index in [9.17, 15) is 13.2 Å². The zero-order chi connectivity index (χ0) is 17.2. The van der Waals surface area contributed by atoms with Crippen LogP contribution in [-0.4, -0.2) is 53.4 Å². The molecule has 0 radical (unpaired) electrons. The molecule has 1 aliphatic heterocycles. The molecule has 1 fully saturated rings. The molecule has 3 rings (SSSR count). The zero-order valence-electron chi connectivity index (χ0n) is 13.4. The highest BCUT2D eigenvalue weighted by molar-refractivity contribution is 7.88. The van der Waals surface area contributed by atoms with Crippen LogP contribution in [-0.2, 0) is 10.0 Å². The minimum absolute atomic E-state index is 0.0195. The number of hydrogen-bond donors (Lipinski definition) is 1. The van der Waals surface area contributed by atoms with Crippen molar-refractivity contribution in [2.24, 2.45) is 0 Å². The molecule has 2 aromatic rings. The van der Waals surface area contributed by atoms with Crippen molar-refractivity contribution in [1.29, 1.82) is 0 Å². The minimum Gasteiger partial charge on any atom is -0.336 e. The largest absolute Gasteiger partial charge is 0.336 e. The van der Waals surface area contributed by atoms with Crippen LogP contribution in [0.15, 0.2) is 18.2 Å². The van der Waals surface area contributed by atoms with Gasteiger partial charge in [0.25, 0.3) is 5.91 Å². The Morgan fingerprint density at radius 3 is 2.92 bits per heavy atom. The van der Waals surface area contributed by atoms with E-state index in [1.54, 1.807) is 12.1 Å². The number of carbonyl (C=O) groups is 1. The van der Waals surface area contributed by atoms with Crippen molar-refractivity contribution in [3.8, 4) is 0 Å². The van der Waals surface area contributed by atoms with Crippen molar-refractivity contribution in [3.05, 3.63) is 23.8 Å². The third-order valence-corrected chi connectivity index (χ3v) is 5.52. The van der Waals surface area contributed by atoms with Gasteiger partial charge in [-0.25, -0.2) is 13.1 Å². The van der Waals surface area contributed by atoms with E-state index in [1.165, 1.54) is 0 Å². The summed E-state index contributed by atoms with van der Waals surface area (Å²) >= 11 is 1.13. The van der Waals surface area contributed by atoms with Crippen LogP contribution in [0.1, 0.15) is 36.0 Å². The summed E-state index contributed by atoms with van der Waals surface area (Å²) in [4.78, 5) is 14.7. The summed E-state index contributed by atoms with van der Waals surface area (Å²) < 4.78 is 33.3.